The topological polar surface area (TPSA) is 22.0 Å². The van der Waals surface area contributed by atoms with Crippen LogP contribution in [0.4, 0.5) is 0 Å². The minimum atomic E-state index is 0.0502. The van der Waals surface area contributed by atoms with Gasteiger partial charge in [0.05, 0.1) is 0 Å². The zero-order chi connectivity index (χ0) is 13.7. The molecule has 1 aromatic rings. The van der Waals surface area contributed by atoms with Gasteiger partial charge in [0.1, 0.15) is 0 Å². The van der Waals surface area contributed by atoms with Gasteiger partial charge < -0.3 is 4.57 Å². The van der Waals surface area contributed by atoms with E-state index in [1.54, 1.807) is 0 Å². The van der Waals surface area contributed by atoms with Gasteiger partial charge in [-0.3, -0.25) is 4.79 Å². The van der Waals surface area contributed by atoms with E-state index in [2.05, 4.69) is 47.6 Å². The number of nitrogens with zero attached hydrogens (tertiary/aromatic N) is 1. The maximum Gasteiger partial charge on any atom is 0.251 e. The third-order valence-electron chi connectivity index (χ3n) is 4.16. The van der Waals surface area contributed by atoms with Crippen LogP contribution in [-0.2, 0) is 18.4 Å². The van der Waals surface area contributed by atoms with Crippen LogP contribution in [0.1, 0.15) is 52.8 Å². The van der Waals surface area contributed by atoms with Crippen molar-refractivity contribution in [2.45, 2.75) is 59.9 Å². The SMILES string of the molecule is CC(C)(C)c1cc2n(c(=O)c1)CC(C(C)(C)C)C2. The van der Waals surface area contributed by atoms with Crippen molar-refractivity contribution in [1.29, 1.82) is 0 Å². The lowest BCUT2D eigenvalue weighted by atomic mass is 9.79. The van der Waals surface area contributed by atoms with Crippen LogP contribution in [0.5, 0.6) is 0 Å². The maximum absolute atomic E-state index is 12.2. The zero-order valence-corrected chi connectivity index (χ0v) is 12.5. The van der Waals surface area contributed by atoms with E-state index in [4.69, 9.17) is 0 Å². The summed E-state index contributed by atoms with van der Waals surface area (Å²) in [5, 5.41) is 0. The van der Waals surface area contributed by atoms with Crippen LogP contribution in [-0.4, -0.2) is 4.57 Å². The van der Waals surface area contributed by atoms with E-state index >= 15 is 0 Å². The molecule has 18 heavy (non-hydrogen) atoms. The summed E-state index contributed by atoms with van der Waals surface area (Å²) in [5.41, 5.74) is 2.86. The van der Waals surface area contributed by atoms with E-state index < -0.39 is 0 Å². The van der Waals surface area contributed by atoms with Gasteiger partial charge in [-0.25, -0.2) is 0 Å². The second kappa shape index (κ2) is 3.97. The third-order valence-corrected chi connectivity index (χ3v) is 4.16. The molecule has 1 aliphatic heterocycles. The highest BCUT2D eigenvalue weighted by Crippen LogP contribution is 2.35. The molecule has 0 radical (unpaired) electrons. The fraction of sp³-hybridized carbons (Fsp3) is 0.688. The van der Waals surface area contributed by atoms with Crippen LogP contribution in [0.25, 0.3) is 0 Å². The number of pyridine rings is 1. The molecule has 1 atom stereocenters. The Balaban J connectivity index is 2.43. The molecule has 0 bridgehead atoms. The molecule has 0 spiro atoms. The number of hydrogen-bond acceptors (Lipinski definition) is 1. The maximum atomic E-state index is 12.2. The highest BCUT2D eigenvalue weighted by molar-refractivity contribution is 5.26. The largest absolute Gasteiger partial charge is 0.312 e. The lowest BCUT2D eigenvalue weighted by Crippen LogP contribution is -2.25. The Hall–Kier alpha value is -1.05. The molecule has 1 unspecified atom stereocenters. The molecular formula is C16H25NO. The molecule has 0 N–H and O–H groups in total. The molecule has 0 fully saturated rings. The normalized spacial score (nSPS) is 20.0. The summed E-state index contributed by atoms with van der Waals surface area (Å²) in [6.45, 7) is 14.2. The van der Waals surface area contributed by atoms with Gasteiger partial charge in [0.2, 0.25) is 0 Å². The molecule has 0 aliphatic carbocycles. The molecule has 0 aromatic carbocycles. The van der Waals surface area contributed by atoms with Crippen LogP contribution in [0, 0.1) is 11.3 Å². The zero-order valence-electron chi connectivity index (χ0n) is 12.5. The van der Waals surface area contributed by atoms with Crippen molar-refractivity contribution < 1.29 is 0 Å². The second-order valence-electron chi connectivity index (χ2n) is 7.70. The van der Waals surface area contributed by atoms with Crippen LogP contribution in [0.15, 0.2) is 16.9 Å². The van der Waals surface area contributed by atoms with Crippen LogP contribution in [0.2, 0.25) is 0 Å². The van der Waals surface area contributed by atoms with Gasteiger partial charge in [0, 0.05) is 18.3 Å². The Labute approximate surface area is 110 Å². The Morgan fingerprint density at radius 2 is 1.72 bits per heavy atom. The monoisotopic (exact) mass is 247 g/mol. The van der Waals surface area contributed by atoms with E-state index in [1.165, 1.54) is 5.69 Å². The summed E-state index contributed by atoms with van der Waals surface area (Å²) >= 11 is 0. The van der Waals surface area contributed by atoms with Crippen LogP contribution >= 0.6 is 0 Å². The predicted molar refractivity (Wildman–Crippen MR) is 76.1 cm³/mol. The van der Waals surface area contributed by atoms with E-state index in [0.717, 1.165) is 18.5 Å². The van der Waals surface area contributed by atoms with Crippen molar-refractivity contribution in [2.24, 2.45) is 11.3 Å². The van der Waals surface area contributed by atoms with Gasteiger partial charge in [-0.1, -0.05) is 41.5 Å². The molecule has 100 valence electrons. The van der Waals surface area contributed by atoms with Crippen molar-refractivity contribution in [3.05, 3.63) is 33.7 Å². The van der Waals surface area contributed by atoms with E-state index in [-0.39, 0.29) is 16.4 Å². The van der Waals surface area contributed by atoms with E-state index in [1.807, 2.05) is 10.6 Å². The summed E-state index contributed by atoms with van der Waals surface area (Å²) in [5.74, 6) is 0.570. The van der Waals surface area contributed by atoms with Crippen LogP contribution in [0.3, 0.4) is 0 Å². The Morgan fingerprint density at radius 1 is 1.11 bits per heavy atom. The van der Waals surface area contributed by atoms with Gasteiger partial charge >= 0.3 is 0 Å². The highest BCUT2D eigenvalue weighted by atomic mass is 16.1. The molecule has 0 saturated heterocycles. The van der Waals surface area contributed by atoms with Crippen molar-refractivity contribution in [2.75, 3.05) is 0 Å². The molecule has 2 nitrogen and oxygen atoms in total. The van der Waals surface area contributed by atoms with Crippen molar-refractivity contribution >= 4 is 0 Å². The van der Waals surface area contributed by atoms with Gasteiger partial charge in [0.15, 0.2) is 0 Å². The highest BCUT2D eigenvalue weighted by Gasteiger charge is 2.32. The Kier molecular flexibility index (Phi) is 2.95. The molecule has 2 rings (SSSR count). The smallest absolute Gasteiger partial charge is 0.251 e. The third kappa shape index (κ3) is 2.38. The number of rotatable bonds is 0. The Morgan fingerprint density at radius 3 is 2.22 bits per heavy atom. The molecule has 1 aromatic heterocycles. The quantitative estimate of drug-likeness (QED) is 0.689. The predicted octanol–water partition coefficient (Wildman–Crippen LogP) is 3.36. The lowest BCUT2D eigenvalue weighted by Gasteiger charge is -2.25. The molecule has 0 saturated carbocycles. The average Bonchev–Trinajstić information content (AvgIpc) is 2.59. The summed E-state index contributed by atoms with van der Waals surface area (Å²) in [6.07, 6.45) is 1.03. The van der Waals surface area contributed by atoms with Crippen molar-refractivity contribution in [1.82, 2.24) is 4.57 Å². The number of hydrogen-bond donors (Lipinski definition) is 0. The minimum absolute atomic E-state index is 0.0502. The average molecular weight is 247 g/mol. The van der Waals surface area contributed by atoms with Gasteiger partial charge in [-0.2, -0.15) is 0 Å². The first-order valence-electron chi connectivity index (χ1n) is 6.83. The van der Waals surface area contributed by atoms with Crippen molar-refractivity contribution in [3.63, 3.8) is 0 Å². The fourth-order valence-corrected chi connectivity index (χ4v) is 2.58. The summed E-state index contributed by atoms with van der Waals surface area (Å²) in [6, 6.07) is 4.04. The van der Waals surface area contributed by atoms with Gasteiger partial charge in [-0.15, -0.1) is 0 Å². The van der Waals surface area contributed by atoms with E-state index in [0.29, 0.717) is 5.92 Å². The standard InChI is InChI=1S/C16H25NO/c1-15(2,3)11-7-13-8-12(16(4,5)6)10-17(13)14(18)9-11/h7,9,12H,8,10H2,1-6H3. The molecule has 2 heteroatoms. The summed E-state index contributed by atoms with van der Waals surface area (Å²) < 4.78 is 1.96. The number of aromatic nitrogens is 1. The van der Waals surface area contributed by atoms with Crippen molar-refractivity contribution in [3.8, 4) is 0 Å². The fourth-order valence-electron chi connectivity index (χ4n) is 2.58. The first kappa shape index (κ1) is 13.4. The van der Waals surface area contributed by atoms with E-state index in [9.17, 15) is 4.79 Å². The molecule has 0 amide bonds. The first-order valence-corrected chi connectivity index (χ1v) is 6.83. The minimum Gasteiger partial charge on any atom is -0.312 e. The Bertz CT molecular complexity index is 511. The summed E-state index contributed by atoms with van der Waals surface area (Å²) in [7, 11) is 0. The first-order chi connectivity index (χ1) is 8.09. The summed E-state index contributed by atoms with van der Waals surface area (Å²) in [4.78, 5) is 12.2. The molecule has 2 heterocycles. The second-order valence-corrected chi connectivity index (χ2v) is 7.70. The van der Waals surface area contributed by atoms with Gasteiger partial charge in [0.25, 0.3) is 5.56 Å². The van der Waals surface area contributed by atoms with Crippen LogP contribution < -0.4 is 5.56 Å². The lowest BCUT2D eigenvalue weighted by molar-refractivity contribution is 0.236. The van der Waals surface area contributed by atoms with Gasteiger partial charge in [-0.05, 0) is 34.8 Å². The number of fused-ring (bicyclic) bond motifs is 1. The molecular weight excluding hydrogens is 222 g/mol. The molecule has 1 aliphatic rings.